The van der Waals surface area contributed by atoms with Crippen molar-refractivity contribution in [3.63, 3.8) is 0 Å². The van der Waals surface area contributed by atoms with Gasteiger partial charge in [-0.25, -0.2) is 4.79 Å². The van der Waals surface area contributed by atoms with Crippen molar-refractivity contribution in [2.75, 3.05) is 6.54 Å². The highest BCUT2D eigenvalue weighted by Crippen LogP contribution is 2.15. The number of fused-ring (bicyclic) bond motifs is 1. The fourth-order valence-electron chi connectivity index (χ4n) is 2.68. The molecule has 4 nitrogen and oxygen atoms in total. The van der Waals surface area contributed by atoms with Crippen molar-refractivity contribution in [3.05, 3.63) is 46.5 Å². The lowest BCUT2D eigenvalue weighted by molar-refractivity contribution is 0.0919. The summed E-state index contributed by atoms with van der Waals surface area (Å²) in [5, 5.41) is 4.06. The van der Waals surface area contributed by atoms with Crippen LogP contribution in [0.4, 0.5) is 0 Å². The Morgan fingerprint density at radius 3 is 2.73 bits per heavy atom. The van der Waals surface area contributed by atoms with Crippen LogP contribution in [-0.4, -0.2) is 12.5 Å². The number of rotatable bonds is 7. The zero-order valence-electron chi connectivity index (χ0n) is 13.2. The zero-order valence-corrected chi connectivity index (χ0v) is 13.2. The highest BCUT2D eigenvalue weighted by atomic mass is 16.4. The molecule has 0 unspecified atom stereocenters. The van der Waals surface area contributed by atoms with Gasteiger partial charge in [-0.3, -0.25) is 4.79 Å². The molecule has 1 aromatic carbocycles. The third kappa shape index (κ3) is 3.97. The molecule has 0 saturated carbocycles. The third-order valence-corrected chi connectivity index (χ3v) is 4.01. The quantitative estimate of drug-likeness (QED) is 0.847. The number of hydrogen-bond acceptors (Lipinski definition) is 3. The number of hydrogen-bond donors (Lipinski definition) is 1. The molecule has 1 N–H and O–H groups in total. The second-order valence-corrected chi connectivity index (χ2v) is 5.59. The fourth-order valence-corrected chi connectivity index (χ4v) is 2.68. The lowest BCUT2D eigenvalue weighted by Gasteiger charge is -2.13. The van der Waals surface area contributed by atoms with Gasteiger partial charge < -0.3 is 9.73 Å². The van der Waals surface area contributed by atoms with Gasteiger partial charge in [0.2, 0.25) is 0 Å². The van der Waals surface area contributed by atoms with E-state index < -0.39 is 5.63 Å². The Balaban J connectivity index is 2.02. The van der Waals surface area contributed by atoms with E-state index in [1.54, 1.807) is 24.3 Å². The van der Waals surface area contributed by atoms with Crippen LogP contribution in [0.2, 0.25) is 0 Å². The normalized spacial score (nSPS) is 12.3. The Hall–Kier alpha value is -2.10. The van der Waals surface area contributed by atoms with Crippen LogP contribution in [0, 0.1) is 5.92 Å². The topological polar surface area (TPSA) is 59.3 Å². The van der Waals surface area contributed by atoms with E-state index >= 15 is 0 Å². The van der Waals surface area contributed by atoms with Crippen LogP contribution >= 0.6 is 0 Å². The summed E-state index contributed by atoms with van der Waals surface area (Å²) in [5.74, 6) is 0.385. The van der Waals surface area contributed by atoms with Crippen molar-refractivity contribution in [1.82, 2.24) is 5.32 Å². The largest absolute Gasteiger partial charge is 0.417 e. The van der Waals surface area contributed by atoms with Crippen molar-refractivity contribution in [2.45, 2.75) is 39.5 Å². The predicted octanol–water partition coefficient (Wildman–Crippen LogP) is 3.74. The summed E-state index contributed by atoms with van der Waals surface area (Å²) in [6.45, 7) is 4.95. The van der Waals surface area contributed by atoms with Crippen LogP contribution < -0.4 is 10.9 Å². The van der Waals surface area contributed by atoms with Crippen molar-refractivity contribution in [3.8, 4) is 0 Å². The van der Waals surface area contributed by atoms with Gasteiger partial charge in [0.1, 0.15) is 0 Å². The molecule has 4 heteroatoms. The molecule has 0 bridgehead atoms. The van der Waals surface area contributed by atoms with Gasteiger partial charge in [-0.15, -0.1) is 0 Å². The van der Waals surface area contributed by atoms with E-state index in [-0.39, 0.29) is 11.7 Å². The summed E-state index contributed by atoms with van der Waals surface area (Å²) in [6.07, 6.45) is 4.41. The summed E-state index contributed by atoms with van der Waals surface area (Å²) < 4.78 is 5.12. The van der Waals surface area contributed by atoms with Crippen LogP contribution in [0.5, 0.6) is 0 Å². The Bertz CT molecular complexity index is 690. The molecule has 0 aliphatic rings. The summed E-state index contributed by atoms with van der Waals surface area (Å²) in [4.78, 5) is 24.0. The van der Waals surface area contributed by atoms with E-state index in [9.17, 15) is 9.59 Å². The fraction of sp³-hybridized carbons (Fsp3) is 0.444. The highest BCUT2D eigenvalue weighted by Gasteiger charge is 2.12. The SMILES string of the molecule is CCC[C@H](CC)CCNC(=O)c1cc2ccccc2c(=O)o1. The molecular weight excluding hydrogens is 278 g/mol. The standard InChI is InChI=1S/C18H23NO3/c1-3-7-13(4-2)10-11-19-17(20)16-12-14-8-5-6-9-15(14)18(21)22-16/h5-6,8-9,12-13H,3-4,7,10-11H2,1-2H3,(H,19,20)/t13-/m0/s1. The lowest BCUT2D eigenvalue weighted by Crippen LogP contribution is -2.26. The summed E-state index contributed by atoms with van der Waals surface area (Å²) in [7, 11) is 0. The van der Waals surface area contributed by atoms with E-state index in [0.29, 0.717) is 17.8 Å². The Kier molecular flexibility index (Phi) is 5.75. The lowest BCUT2D eigenvalue weighted by atomic mass is 9.97. The van der Waals surface area contributed by atoms with E-state index in [1.807, 2.05) is 6.07 Å². The van der Waals surface area contributed by atoms with Gasteiger partial charge in [0.25, 0.3) is 5.91 Å². The molecule has 1 aromatic heterocycles. The van der Waals surface area contributed by atoms with E-state index in [1.165, 1.54) is 6.42 Å². The second kappa shape index (κ2) is 7.78. The van der Waals surface area contributed by atoms with Crippen molar-refractivity contribution < 1.29 is 9.21 Å². The minimum atomic E-state index is -0.472. The molecule has 0 saturated heterocycles. The van der Waals surface area contributed by atoms with Crippen LogP contribution in [0.15, 0.2) is 39.5 Å². The number of carbonyl (C=O) groups excluding carboxylic acids is 1. The van der Waals surface area contributed by atoms with Gasteiger partial charge in [0.05, 0.1) is 5.39 Å². The average Bonchev–Trinajstić information content (AvgIpc) is 2.53. The molecule has 0 radical (unpaired) electrons. The molecule has 118 valence electrons. The first-order valence-corrected chi connectivity index (χ1v) is 7.96. The molecule has 1 atom stereocenters. The number of benzene rings is 1. The van der Waals surface area contributed by atoms with Crippen molar-refractivity contribution >= 4 is 16.7 Å². The first-order valence-electron chi connectivity index (χ1n) is 7.96. The second-order valence-electron chi connectivity index (χ2n) is 5.59. The Morgan fingerprint density at radius 2 is 2.00 bits per heavy atom. The van der Waals surface area contributed by atoms with Crippen LogP contribution in [0.25, 0.3) is 10.8 Å². The molecule has 22 heavy (non-hydrogen) atoms. The first-order chi connectivity index (χ1) is 10.7. The molecule has 0 aliphatic carbocycles. The summed E-state index contributed by atoms with van der Waals surface area (Å²) in [6, 6.07) is 8.73. The van der Waals surface area contributed by atoms with Crippen molar-refractivity contribution in [1.29, 1.82) is 0 Å². The van der Waals surface area contributed by atoms with E-state index in [2.05, 4.69) is 19.2 Å². The molecule has 1 amide bonds. The summed E-state index contributed by atoms with van der Waals surface area (Å²) >= 11 is 0. The Morgan fingerprint density at radius 1 is 1.23 bits per heavy atom. The van der Waals surface area contributed by atoms with Gasteiger partial charge in [-0.2, -0.15) is 0 Å². The maximum atomic E-state index is 12.1. The van der Waals surface area contributed by atoms with E-state index in [0.717, 1.165) is 24.6 Å². The van der Waals surface area contributed by atoms with Gasteiger partial charge >= 0.3 is 5.63 Å². The highest BCUT2D eigenvalue weighted by molar-refractivity contribution is 5.95. The molecule has 2 rings (SSSR count). The first kappa shape index (κ1) is 16.3. The average molecular weight is 301 g/mol. The van der Waals surface area contributed by atoms with Gasteiger partial charge in [-0.05, 0) is 29.9 Å². The molecule has 2 aromatic rings. The van der Waals surface area contributed by atoms with E-state index in [4.69, 9.17) is 4.42 Å². The molecule has 0 spiro atoms. The number of carbonyl (C=O) groups is 1. The molecule has 0 aliphatic heterocycles. The Labute approximate surface area is 130 Å². The smallest absolute Gasteiger partial charge is 0.344 e. The summed E-state index contributed by atoms with van der Waals surface area (Å²) in [5.41, 5.74) is -0.472. The molecule has 1 heterocycles. The zero-order chi connectivity index (χ0) is 15.9. The number of nitrogens with one attached hydrogen (secondary N) is 1. The van der Waals surface area contributed by atoms with Crippen molar-refractivity contribution in [2.24, 2.45) is 5.92 Å². The predicted molar refractivity (Wildman–Crippen MR) is 88.1 cm³/mol. The maximum Gasteiger partial charge on any atom is 0.344 e. The maximum absolute atomic E-state index is 12.1. The monoisotopic (exact) mass is 301 g/mol. The van der Waals surface area contributed by atoms with Crippen LogP contribution in [-0.2, 0) is 0 Å². The molecular formula is C18H23NO3. The third-order valence-electron chi connectivity index (χ3n) is 4.01. The van der Waals surface area contributed by atoms with Gasteiger partial charge in [0.15, 0.2) is 5.76 Å². The van der Waals surface area contributed by atoms with Crippen LogP contribution in [0.3, 0.4) is 0 Å². The van der Waals surface area contributed by atoms with Crippen LogP contribution in [0.1, 0.15) is 50.1 Å². The number of amides is 1. The minimum Gasteiger partial charge on any atom is -0.417 e. The van der Waals surface area contributed by atoms with Gasteiger partial charge in [0, 0.05) is 6.54 Å². The van der Waals surface area contributed by atoms with Gasteiger partial charge in [-0.1, -0.05) is 51.3 Å². The minimum absolute atomic E-state index is 0.0761. The molecule has 0 fully saturated rings.